The molecule has 0 fully saturated rings. The molecule has 1 amide bonds. The summed E-state index contributed by atoms with van der Waals surface area (Å²) in [5.74, 6) is -1.62. The van der Waals surface area contributed by atoms with E-state index in [9.17, 15) is 18.0 Å². The molecule has 0 aliphatic heterocycles. The minimum absolute atomic E-state index is 0.0322. The zero-order chi connectivity index (χ0) is 14.6. The molecule has 0 radical (unpaired) electrons. The average Bonchev–Trinajstić information content (AvgIpc) is 2.34. The van der Waals surface area contributed by atoms with Crippen molar-refractivity contribution in [1.82, 2.24) is 4.90 Å². The maximum atomic E-state index is 12.1. The van der Waals surface area contributed by atoms with Crippen LogP contribution in [0.25, 0.3) is 0 Å². The molecule has 1 aromatic carbocycles. The van der Waals surface area contributed by atoms with Gasteiger partial charge in [0.1, 0.15) is 6.54 Å². The van der Waals surface area contributed by atoms with Crippen LogP contribution in [0, 0.1) is 0 Å². The summed E-state index contributed by atoms with van der Waals surface area (Å²) in [7, 11) is -3.40. The lowest BCUT2D eigenvalue weighted by molar-refractivity contribution is -0.137. The molecule has 0 bridgehead atoms. The minimum Gasteiger partial charge on any atom is -0.480 e. The van der Waals surface area contributed by atoms with Crippen molar-refractivity contribution >= 4 is 21.7 Å². The highest BCUT2D eigenvalue weighted by Gasteiger charge is 2.18. The smallest absolute Gasteiger partial charge is 0.323 e. The van der Waals surface area contributed by atoms with E-state index in [1.807, 2.05) is 0 Å². The van der Waals surface area contributed by atoms with Gasteiger partial charge in [-0.15, -0.1) is 0 Å². The number of aliphatic carboxylic acids is 1. The quantitative estimate of drug-likeness (QED) is 0.857. The van der Waals surface area contributed by atoms with Crippen LogP contribution in [0.4, 0.5) is 0 Å². The maximum absolute atomic E-state index is 12.1. The first-order chi connectivity index (χ1) is 8.75. The lowest BCUT2D eigenvalue weighted by atomic mass is 10.2. The van der Waals surface area contributed by atoms with Gasteiger partial charge in [-0.25, -0.2) is 8.42 Å². The number of carbonyl (C=O) groups excluding carboxylic acids is 1. The summed E-state index contributed by atoms with van der Waals surface area (Å²) in [6.07, 6.45) is 1.05. The van der Waals surface area contributed by atoms with Crippen LogP contribution in [0.5, 0.6) is 0 Å². The van der Waals surface area contributed by atoms with Crippen molar-refractivity contribution in [3.63, 3.8) is 0 Å². The van der Waals surface area contributed by atoms with Gasteiger partial charge in [0.05, 0.1) is 4.90 Å². The Morgan fingerprint density at radius 2 is 1.95 bits per heavy atom. The number of hydrogen-bond acceptors (Lipinski definition) is 4. The molecular formula is C12H15NO5S. The largest absolute Gasteiger partial charge is 0.480 e. The first-order valence-corrected chi connectivity index (χ1v) is 7.46. The van der Waals surface area contributed by atoms with E-state index in [1.165, 1.54) is 24.3 Å². The van der Waals surface area contributed by atoms with E-state index in [4.69, 9.17) is 5.11 Å². The molecule has 0 aliphatic carbocycles. The lowest BCUT2D eigenvalue weighted by Gasteiger charge is -2.18. The second kappa shape index (κ2) is 5.83. The zero-order valence-electron chi connectivity index (χ0n) is 10.7. The van der Waals surface area contributed by atoms with Gasteiger partial charge in [0.2, 0.25) is 0 Å². The fourth-order valence-electron chi connectivity index (χ4n) is 1.53. The predicted octanol–water partition coefficient (Wildman–Crippen LogP) is 0.637. The Morgan fingerprint density at radius 3 is 2.42 bits per heavy atom. The molecule has 0 spiro atoms. The fraction of sp³-hybridized carbons (Fsp3) is 0.333. The van der Waals surface area contributed by atoms with Crippen LogP contribution >= 0.6 is 0 Å². The SMILES string of the molecule is CCN(CC(=O)O)C(=O)c1cccc(S(C)(=O)=O)c1. The molecule has 0 saturated carbocycles. The van der Waals surface area contributed by atoms with Gasteiger partial charge < -0.3 is 10.0 Å². The third-order valence-corrected chi connectivity index (χ3v) is 3.61. The molecule has 0 aliphatic rings. The Morgan fingerprint density at radius 1 is 1.32 bits per heavy atom. The fourth-order valence-corrected chi connectivity index (χ4v) is 2.20. The second-order valence-corrected chi connectivity index (χ2v) is 6.03. The van der Waals surface area contributed by atoms with E-state index in [2.05, 4.69) is 0 Å². The van der Waals surface area contributed by atoms with Crippen LogP contribution in [0.2, 0.25) is 0 Å². The standard InChI is InChI=1S/C12H15NO5S/c1-3-13(8-11(14)15)12(16)9-5-4-6-10(7-9)19(2,17)18/h4-7H,3,8H2,1-2H3,(H,14,15). The van der Waals surface area contributed by atoms with E-state index >= 15 is 0 Å². The Bertz CT molecular complexity index is 594. The highest BCUT2D eigenvalue weighted by Crippen LogP contribution is 2.13. The first-order valence-electron chi connectivity index (χ1n) is 5.57. The number of amides is 1. The van der Waals surface area contributed by atoms with Gasteiger partial charge in [0.25, 0.3) is 5.91 Å². The van der Waals surface area contributed by atoms with Crippen LogP contribution < -0.4 is 0 Å². The Kier molecular flexibility index (Phi) is 4.66. The van der Waals surface area contributed by atoms with Crippen molar-refractivity contribution in [2.45, 2.75) is 11.8 Å². The molecule has 0 unspecified atom stereocenters. The topological polar surface area (TPSA) is 91.8 Å². The molecule has 6 nitrogen and oxygen atoms in total. The minimum atomic E-state index is -3.40. The van der Waals surface area contributed by atoms with Crippen LogP contribution in [0.1, 0.15) is 17.3 Å². The number of rotatable bonds is 5. The number of benzene rings is 1. The molecule has 0 heterocycles. The number of carboxylic acid groups (broad SMARTS) is 1. The van der Waals surface area contributed by atoms with Gasteiger partial charge in [-0.05, 0) is 25.1 Å². The summed E-state index contributed by atoms with van der Waals surface area (Å²) >= 11 is 0. The molecular weight excluding hydrogens is 270 g/mol. The summed E-state index contributed by atoms with van der Waals surface area (Å²) in [5, 5.41) is 8.70. The van der Waals surface area contributed by atoms with Crippen molar-refractivity contribution in [2.75, 3.05) is 19.3 Å². The summed E-state index contributed by atoms with van der Waals surface area (Å²) in [6.45, 7) is 1.47. The number of carboxylic acids is 1. The Balaban J connectivity index is 3.09. The van der Waals surface area contributed by atoms with E-state index < -0.39 is 28.3 Å². The first kappa shape index (κ1) is 15.2. The van der Waals surface area contributed by atoms with Gasteiger partial charge in [-0.2, -0.15) is 0 Å². The van der Waals surface area contributed by atoms with Crippen molar-refractivity contribution in [3.8, 4) is 0 Å². The van der Waals surface area contributed by atoms with E-state index in [0.29, 0.717) is 0 Å². The highest BCUT2D eigenvalue weighted by atomic mass is 32.2. The van der Waals surface area contributed by atoms with E-state index in [0.717, 1.165) is 11.2 Å². The molecule has 0 atom stereocenters. The molecule has 0 saturated heterocycles. The summed E-state index contributed by atoms with van der Waals surface area (Å²) in [5.41, 5.74) is 0.158. The van der Waals surface area contributed by atoms with E-state index in [1.54, 1.807) is 6.92 Å². The van der Waals surface area contributed by atoms with Crippen LogP contribution in [-0.4, -0.2) is 49.6 Å². The summed E-state index contributed by atoms with van der Waals surface area (Å²) < 4.78 is 22.8. The van der Waals surface area contributed by atoms with Crippen molar-refractivity contribution in [3.05, 3.63) is 29.8 Å². The van der Waals surface area contributed by atoms with Gasteiger partial charge in [0.15, 0.2) is 9.84 Å². The second-order valence-electron chi connectivity index (χ2n) is 4.01. The molecule has 104 valence electrons. The predicted molar refractivity (Wildman–Crippen MR) is 68.8 cm³/mol. The van der Waals surface area contributed by atoms with Crippen molar-refractivity contribution in [1.29, 1.82) is 0 Å². The molecule has 7 heteroatoms. The van der Waals surface area contributed by atoms with Crippen molar-refractivity contribution in [2.24, 2.45) is 0 Å². The summed E-state index contributed by atoms with van der Waals surface area (Å²) in [4.78, 5) is 23.9. The molecule has 1 rings (SSSR count). The van der Waals surface area contributed by atoms with Gasteiger partial charge in [-0.1, -0.05) is 6.07 Å². The van der Waals surface area contributed by atoms with Gasteiger partial charge >= 0.3 is 5.97 Å². The van der Waals surface area contributed by atoms with Crippen molar-refractivity contribution < 1.29 is 23.1 Å². The van der Waals surface area contributed by atoms with Crippen LogP contribution in [0.3, 0.4) is 0 Å². The van der Waals surface area contributed by atoms with Gasteiger partial charge in [0, 0.05) is 18.4 Å². The number of likely N-dealkylation sites (N-methyl/N-ethyl adjacent to an activating group) is 1. The Hall–Kier alpha value is -1.89. The van der Waals surface area contributed by atoms with Crippen LogP contribution in [-0.2, 0) is 14.6 Å². The van der Waals surface area contributed by atoms with Gasteiger partial charge in [-0.3, -0.25) is 9.59 Å². The number of nitrogens with zero attached hydrogens (tertiary/aromatic N) is 1. The summed E-state index contributed by atoms with van der Waals surface area (Å²) in [6, 6.07) is 5.56. The van der Waals surface area contributed by atoms with Crippen LogP contribution in [0.15, 0.2) is 29.2 Å². The zero-order valence-corrected chi connectivity index (χ0v) is 11.5. The third-order valence-electron chi connectivity index (χ3n) is 2.50. The molecule has 1 N–H and O–H groups in total. The molecule has 1 aromatic rings. The normalized spacial score (nSPS) is 11.1. The lowest BCUT2D eigenvalue weighted by Crippen LogP contribution is -2.35. The van der Waals surface area contributed by atoms with E-state index in [-0.39, 0.29) is 17.0 Å². The Labute approximate surface area is 111 Å². The molecule has 0 aromatic heterocycles. The average molecular weight is 285 g/mol. The number of sulfone groups is 1. The number of hydrogen-bond donors (Lipinski definition) is 1. The monoisotopic (exact) mass is 285 g/mol. The highest BCUT2D eigenvalue weighted by molar-refractivity contribution is 7.90. The molecule has 19 heavy (non-hydrogen) atoms. The number of carbonyl (C=O) groups is 2. The third kappa shape index (κ3) is 4.06. The maximum Gasteiger partial charge on any atom is 0.323 e.